The Morgan fingerprint density at radius 1 is 1.50 bits per heavy atom. The van der Waals surface area contributed by atoms with E-state index in [4.69, 9.17) is 14.1 Å². The molecule has 3 aliphatic rings. The molecule has 5 atom stereocenters. The minimum Gasteiger partial charge on any atom is -0.436 e. The second-order valence-electron chi connectivity index (χ2n) is 6.31. The number of hydrogen-bond donors (Lipinski definition) is 0. The molecule has 9 heteroatoms. The molecular weight excluding hydrogens is 299 g/mol. The minimum atomic E-state index is -4.30. The second-order valence-corrected chi connectivity index (χ2v) is 6.31. The number of hydrogen-bond acceptors (Lipinski definition) is 4. The molecule has 2 aliphatic heterocycles. The Kier molecular flexibility index (Phi) is 4.35. The van der Waals surface area contributed by atoms with Gasteiger partial charge in [-0.2, -0.15) is 13.2 Å². The van der Waals surface area contributed by atoms with E-state index in [0.717, 1.165) is 7.48 Å². The molecule has 1 spiro atoms. The van der Waals surface area contributed by atoms with E-state index in [0.29, 0.717) is 12.4 Å². The molecule has 4 nitrogen and oxygen atoms in total. The summed E-state index contributed by atoms with van der Waals surface area (Å²) in [6.45, 7) is 1.39. The average Bonchev–Trinajstić information content (AvgIpc) is 3.10. The van der Waals surface area contributed by atoms with Crippen LogP contribution in [0, 0.1) is 5.92 Å². The molecule has 0 aromatic carbocycles. The molecule has 0 aromatic rings. The van der Waals surface area contributed by atoms with Gasteiger partial charge in [0, 0.05) is 12.0 Å². The Labute approximate surface area is 129 Å². The van der Waals surface area contributed by atoms with Crippen LogP contribution in [-0.2, 0) is 18.9 Å². The maximum absolute atomic E-state index is 12.0. The molecule has 22 heavy (non-hydrogen) atoms. The predicted molar refractivity (Wildman–Crippen MR) is 76.9 cm³/mol. The summed E-state index contributed by atoms with van der Waals surface area (Å²) >= 11 is 0. The lowest BCUT2D eigenvalue weighted by Crippen LogP contribution is -2.56. The van der Waals surface area contributed by atoms with Gasteiger partial charge < -0.3 is 18.9 Å². The highest BCUT2D eigenvalue weighted by atomic mass is 19.4. The maximum Gasteiger partial charge on any atom is 0.411 e. The van der Waals surface area contributed by atoms with Crippen LogP contribution in [0.25, 0.3) is 0 Å². The van der Waals surface area contributed by atoms with Gasteiger partial charge >= 0.3 is 6.18 Å². The molecule has 0 amide bonds. The molecule has 5 unspecified atom stereocenters. The third kappa shape index (κ3) is 3.22. The largest absolute Gasteiger partial charge is 0.436 e. The fourth-order valence-electron chi connectivity index (χ4n) is 3.52. The first-order valence-corrected chi connectivity index (χ1v) is 7.53. The van der Waals surface area contributed by atoms with Crippen LogP contribution in [0.4, 0.5) is 13.2 Å². The molecule has 0 bridgehead atoms. The molecule has 122 valence electrons. The van der Waals surface area contributed by atoms with Crippen LogP contribution in [0.1, 0.15) is 6.92 Å². The molecule has 0 radical (unpaired) electrons. The van der Waals surface area contributed by atoms with Crippen LogP contribution in [0.3, 0.4) is 0 Å². The first kappa shape index (κ1) is 16.4. The summed E-state index contributed by atoms with van der Waals surface area (Å²) in [6, 6.07) is 0. The van der Waals surface area contributed by atoms with Crippen LogP contribution in [0.15, 0.2) is 11.5 Å². The molecule has 1 aliphatic carbocycles. The molecule has 0 aromatic heterocycles. The van der Waals surface area contributed by atoms with E-state index in [9.17, 15) is 13.2 Å². The molecule has 0 saturated carbocycles. The normalized spacial score (nSPS) is 37.8. The van der Waals surface area contributed by atoms with Gasteiger partial charge in [0.1, 0.15) is 20.1 Å². The molecule has 0 N–H and O–H groups in total. The van der Waals surface area contributed by atoms with E-state index in [2.05, 4.69) is 18.7 Å². The van der Waals surface area contributed by atoms with E-state index in [1.807, 2.05) is 6.92 Å². The van der Waals surface area contributed by atoms with Gasteiger partial charge in [-0.25, -0.2) is 0 Å². The smallest absolute Gasteiger partial charge is 0.411 e. The maximum atomic E-state index is 12.0. The fourth-order valence-corrected chi connectivity index (χ4v) is 3.52. The van der Waals surface area contributed by atoms with Gasteiger partial charge in [0.2, 0.25) is 0 Å². The summed E-state index contributed by atoms with van der Waals surface area (Å²) in [7, 11) is 2.82. The standard InChI is InChI=1S/C13H19B2F3O4/c1-7(20-3-2-19-6-13(16,17)18)9-11-10(15-22-11)8(14)4-12(9)5-21-12/h4,7,9-11,15H,2-3,5-6,14H2,1H3. The Morgan fingerprint density at radius 3 is 2.77 bits per heavy atom. The zero-order valence-electron chi connectivity index (χ0n) is 12.7. The van der Waals surface area contributed by atoms with Gasteiger partial charge in [-0.15, -0.1) is 5.47 Å². The van der Waals surface area contributed by atoms with Crippen LogP contribution in [-0.4, -0.2) is 65.7 Å². The van der Waals surface area contributed by atoms with Crippen molar-refractivity contribution in [2.75, 3.05) is 26.4 Å². The van der Waals surface area contributed by atoms with E-state index < -0.39 is 12.8 Å². The van der Waals surface area contributed by atoms with Gasteiger partial charge in [-0.1, -0.05) is 6.08 Å². The Balaban J connectivity index is 1.49. The third-order valence-corrected chi connectivity index (χ3v) is 4.70. The molecule has 2 fully saturated rings. The summed E-state index contributed by atoms with van der Waals surface area (Å²) in [5.41, 5.74) is 0.989. The Morgan fingerprint density at radius 2 is 2.23 bits per heavy atom. The molecule has 2 saturated heterocycles. The van der Waals surface area contributed by atoms with Crippen molar-refractivity contribution in [3.8, 4) is 0 Å². The van der Waals surface area contributed by atoms with Crippen LogP contribution < -0.4 is 0 Å². The number of ether oxygens (including phenoxy) is 3. The first-order chi connectivity index (χ1) is 10.3. The highest BCUT2D eigenvalue weighted by molar-refractivity contribution is 6.40. The number of alkyl halides is 3. The predicted octanol–water partition coefficient (Wildman–Crippen LogP) is 0.425. The van der Waals surface area contributed by atoms with Crippen molar-refractivity contribution in [3.63, 3.8) is 0 Å². The zero-order chi connectivity index (χ0) is 16.0. The molecular formula is C13H19B2F3O4. The highest BCUT2D eigenvalue weighted by Crippen LogP contribution is 2.53. The van der Waals surface area contributed by atoms with Crippen LogP contribution >= 0.6 is 0 Å². The lowest BCUT2D eigenvalue weighted by Gasteiger charge is -2.49. The van der Waals surface area contributed by atoms with Gasteiger partial charge in [0.25, 0.3) is 7.48 Å². The zero-order valence-corrected chi connectivity index (χ0v) is 12.7. The van der Waals surface area contributed by atoms with Crippen molar-refractivity contribution in [2.24, 2.45) is 5.92 Å². The van der Waals surface area contributed by atoms with Crippen LogP contribution in [0.2, 0.25) is 5.82 Å². The van der Waals surface area contributed by atoms with Crippen molar-refractivity contribution < 1.29 is 32.0 Å². The van der Waals surface area contributed by atoms with Gasteiger partial charge in [-0.05, 0) is 12.7 Å². The Bertz CT molecular complexity index is 453. The summed E-state index contributed by atoms with van der Waals surface area (Å²) in [5.74, 6) is 0.491. The van der Waals surface area contributed by atoms with Crippen LogP contribution in [0.5, 0.6) is 0 Å². The second kappa shape index (κ2) is 5.85. The number of fused-ring (bicyclic) bond motifs is 1. The summed E-state index contributed by atoms with van der Waals surface area (Å²) < 4.78 is 57.5. The summed E-state index contributed by atoms with van der Waals surface area (Å²) in [5, 5.41) is 0. The summed E-state index contributed by atoms with van der Waals surface area (Å²) in [6.07, 6.45) is -2.20. The van der Waals surface area contributed by atoms with E-state index in [1.165, 1.54) is 5.47 Å². The summed E-state index contributed by atoms with van der Waals surface area (Å²) in [4.78, 5) is 0. The highest BCUT2D eigenvalue weighted by Gasteiger charge is 2.61. The fraction of sp³-hybridized carbons (Fsp3) is 0.846. The molecule has 3 rings (SSSR count). The topological polar surface area (TPSA) is 40.2 Å². The van der Waals surface area contributed by atoms with E-state index in [1.54, 1.807) is 0 Å². The minimum absolute atomic E-state index is 0.0752. The number of epoxide rings is 1. The van der Waals surface area contributed by atoms with Crippen molar-refractivity contribution in [2.45, 2.75) is 36.7 Å². The van der Waals surface area contributed by atoms with Crippen molar-refractivity contribution in [1.82, 2.24) is 0 Å². The third-order valence-electron chi connectivity index (χ3n) is 4.70. The molecule has 2 heterocycles. The Hall–Kier alpha value is -0.500. The average molecular weight is 318 g/mol. The van der Waals surface area contributed by atoms with Gasteiger partial charge in [0.05, 0.1) is 25.9 Å². The number of rotatable bonds is 6. The SMILES string of the molecule is BC1=CC2(CO2)C(C(C)OCCOCC(F)(F)F)C2OBC12. The van der Waals surface area contributed by atoms with Crippen molar-refractivity contribution in [3.05, 3.63) is 11.5 Å². The number of halogens is 3. The lowest BCUT2D eigenvalue weighted by atomic mass is 9.51. The van der Waals surface area contributed by atoms with Gasteiger partial charge in [0.15, 0.2) is 0 Å². The van der Waals surface area contributed by atoms with Crippen molar-refractivity contribution >= 4 is 15.3 Å². The van der Waals surface area contributed by atoms with E-state index in [-0.39, 0.29) is 36.9 Å². The monoisotopic (exact) mass is 318 g/mol. The quantitative estimate of drug-likeness (QED) is 0.404. The van der Waals surface area contributed by atoms with Gasteiger partial charge in [-0.3, -0.25) is 0 Å². The van der Waals surface area contributed by atoms with E-state index >= 15 is 0 Å². The lowest BCUT2D eigenvalue weighted by molar-refractivity contribution is -0.178. The van der Waals surface area contributed by atoms with Crippen molar-refractivity contribution in [1.29, 1.82) is 0 Å². The first-order valence-electron chi connectivity index (χ1n) is 7.53.